The molecule has 0 radical (unpaired) electrons. The summed E-state index contributed by atoms with van der Waals surface area (Å²) in [5.41, 5.74) is 0.596. The molecule has 0 saturated carbocycles. The standard InChI is InChI=1S/C18H21N3O5/c1-25-13-7-5-12(6-8-13)16-15(18(23)24)17(20-26-16)19-9-3-11-21-10-2-4-14(21)22/h5-8H,2-4,9-11H2,1H3,(H,19,20)(H,23,24). The predicted octanol–water partition coefficient (Wildman–Crippen LogP) is 2.47. The first kappa shape index (κ1) is 17.8. The molecule has 0 atom stereocenters. The fourth-order valence-electron chi connectivity index (χ4n) is 2.97. The van der Waals surface area contributed by atoms with Gasteiger partial charge in [-0.1, -0.05) is 5.16 Å². The maximum absolute atomic E-state index is 11.7. The van der Waals surface area contributed by atoms with Gasteiger partial charge in [0, 0.05) is 31.6 Å². The van der Waals surface area contributed by atoms with Gasteiger partial charge in [-0.05, 0) is 37.1 Å². The Balaban J connectivity index is 1.66. The second-order valence-corrected chi connectivity index (χ2v) is 6.03. The molecule has 1 aliphatic heterocycles. The van der Waals surface area contributed by atoms with Gasteiger partial charge in [0.2, 0.25) is 5.91 Å². The number of carboxylic acids is 1. The molecule has 2 heterocycles. The Morgan fingerprint density at radius 1 is 1.38 bits per heavy atom. The van der Waals surface area contributed by atoms with Crippen LogP contribution in [-0.4, -0.2) is 53.8 Å². The summed E-state index contributed by atoms with van der Waals surface area (Å²) in [5.74, 6) is 0.113. The van der Waals surface area contributed by atoms with E-state index in [1.165, 1.54) is 0 Å². The Bertz CT molecular complexity index is 785. The summed E-state index contributed by atoms with van der Waals surface area (Å²) >= 11 is 0. The number of carboxylic acid groups (broad SMARTS) is 1. The molecule has 2 aromatic rings. The van der Waals surface area contributed by atoms with Crippen LogP contribution in [0.15, 0.2) is 28.8 Å². The molecule has 8 heteroatoms. The molecule has 0 spiro atoms. The Labute approximate surface area is 150 Å². The van der Waals surface area contributed by atoms with E-state index in [1.807, 2.05) is 4.90 Å². The van der Waals surface area contributed by atoms with Crippen molar-refractivity contribution in [2.45, 2.75) is 19.3 Å². The van der Waals surface area contributed by atoms with E-state index in [0.717, 1.165) is 13.0 Å². The number of carbonyl (C=O) groups excluding carboxylic acids is 1. The Hall–Kier alpha value is -3.03. The van der Waals surface area contributed by atoms with Crippen molar-refractivity contribution in [2.75, 3.05) is 32.1 Å². The number of nitrogens with one attached hydrogen (secondary N) is 1. The number of likely N-dealkylation sites (tertiary alicyclic amines) is 1. The second kappa shape index (κ2) is 7.90. The van der Waals surface area contributed by atoms with Crippen molar-refractivity contribution >= 4 is 17.7 Å². The average Bonchev–Trinajstić information content (AvgIpc) is 3.25. The van der Waals surface area contributed by atoms with Crippen molar-refractivity contribution in [1.29, 1.82) is 0 Å². The minimum atomic E-state index is -1.12. The van der Waals surface area contributed by atoms with Gasteiger partial charge in [-0.25, -0.2) is 4.79 Å². The van der Waals surface area contributed by atoms with Crippen molar-refractivity contribution in [2.24, 2.45) is 0 Å². The van der Waals surface area contributed by atoms with Crippen LogP contribution in [0, 0.1) is 0 Å². The van der Waals surface area contributed by atoms with Gasteiger partial charge in [-0.15, -0.1) is 0 Å². The van der Waals surface area contributed by atoms with Crippen LogP contribution in [-0.2, 0) is 4.79 Å². The van der Waals surface area contributed by atoms with Gasteiger partial charge in [0.15, 0.2) is 17.1 Å². The number of carbonyl (C=O) groups is 2. The largest absolute Gasteiger partial charge is 0.497 e. The zero-order valence-electron chi connectivity index (χ0n) is 14.5. The van der Waals surface area contributed by atoms with Gasteiger partial charge in [0.05, 0.1) is 7.11 Å². The summed E-state index contributed by atoms with van der Waals surface area (Å²) in [6.45, 7) is 1.95. The molecule has 3 rings (SSSR count). The highest BCUT2D eigenvalue weighted by Crippen LogP contribution is 2.30. The Morgan fingerprint density at radius 2 is 2.15 bits per heavy atom. The van der Waals surface area contributed by atoms with E-state index in [-0.39, 0.29) is 23.0 Å². The number of hydrogen-bond acceptors (Lipinski definition) is 6. The maximum Gasteiger partial charge on any atom is 0.343 e. The van der Waals surface area contributed by atoms with Crippen molar-refractivity contribution in [3.63, 3.8) is 0 Å². The number of aromatic carboxylic acids is 1. The van der Waals surface area contributed by atoms with Gasteiger partial charge in [0.1, 0.15) is 5.75 Å². The monoisotopic (exact) mass is 359 g/mol. The molecule has 1 fully saturated rings. The molecule has 1 aromatic heterocycles. The lowest BCUT2D eigenvalue weighted by Crippen LogP contribution is -2.27. The van der Waals surface area contributed by atoms with E-state index in [4.69, 9.17) is 9.26 Å². The van der Waals surface area contributed by atoms with Crippen molar-refractivity contribution in [1.82, 2.24) is 10.1 Å². The van der Waals surface area contributed by atoms with Crippen molar-refractivity contribution < 1.29 is 24.0 Å². The lowest BCUT2D eigenvalue weighted by Gasteiger charge is -2.15. The lowest BCUT2D eigenvalue weighted by atomic mass is 10.1. The first-order valence-corrected chi connectivity index (χ1v) is 8.49. The van der Waals surface area contributed by atoms with Gasteiger partial charge in [-0.3, -0.25) is 4.79 Å². The van der Waals surface area contributed by atoms with E-state index in [0.29, 0.717) is 37.2 Å². The molecule has 138 valence electrons. The van der Waals surface area contributed by atoms with E-state index < -0.39 is 5.97 Å². The molecule has 1 saturated heterocycles. The zero-order valence-corrected chi connectivity index (χ0v) is 14.5. The van der Waals surface area contributed by atoms with Crippen LogP contribution >= 0.6 is 0 Å². The zero-order chi connectivity index (χ0) is 18.5. The van der Waals surface area contributed by atoms with Gasteiger partial charge >= 0.3 is 5.97 Å². The van der Waals surface area contributed by atoms with Crippen LogP contribution in [0.4, 0.5) is 5.82 Å². The van der Waals surface area contributed by atoms with E-state index in [2.05, 4.69) is 10.5 Å². The van der Waals surface area contributed by atoms with Crippen molar-refractivity contribution in [3.05, 3.63) is 29.8 Å². The third kappa shape index (κ3) is 3.79. The number of anilines is 1. The minimum absolute atomic E-state index is 0.00702. The van der Waals surface area contributed by atoms with Gasteiger partial charge < -0.3 is 24.6 Å². The number of aromatic nitrogens is 1. The van der Waals surface area contributed by atoms with E-state index in [9.17, 15) is 14.7 Å². The molecule has 0 unspecified atom stereocenters. The van der Waals surface area contributed by atoms with E-state index in [1.54, 1.807) is 31.4 Å². The number of amides is 1. The first-order chi connectivity index (χ1) is 12.6. The highest BCUT2D eigenvalue weighted by molar-refractivity contribution is 5.99. The number of nitrogens with zero attached hydrogens (tertiary/aromatic N) is 2. The van der Waals surface area contributed by atoms with E-state index >= 15 is 0 Å². The Morgan fingerprint density at radius 3 is 2.77 bits per heavy atom. The third-order valence-corrected chi connectivity index (χ3v) is 4.33. The molecule has 1 amide bonds. The third-order valence-electron chi connectivity index (χ3n) is 4.33. The number of ether oxygens (including phenoxy) is 1. The Kier molecular flexibility index (Phi) is 5.40. The summed E-state index contributed by atoms with van der Waals surface area (Å²) in [5, 5.41) is 16.4. The molecular formula is C18H21N3O5. The highest BCUT2D eigenvalue weighted by Gasteiger charge is 2.24. The fraction of sp³-hybridized carbons (Fsp3) is 0.389. The van der Waals surface area contributed by atoms with Crippen LogP contribution in [0.25, 0.3) is 11.3 Å². The fourth-order valence-corrected chi connectivity index (χ4v) is 2.97. The molecule has 1 aromatic carbocycles. The summed E-state index contributed by atoms with van der Waals surface area (Å²) in [6.07, 6.45) is 2.23. The quantitative estimate of drug-likeness (QED) is 0.698. The van der Waals surface area contributed by atoms with Gasteiger partial charge in [0.25, 0.3) is 0 Å². The minimum Gasteiger partial charge on any atom is -0.497 e. The average molecular weight is 359 g/mol. The molecule has 2 N–H and O–H groups in total. The second-order valence-electron chi connectivity index (χ2n) is 6.03. The number of benzene rings is 1. The molecular weight excluding hydrogens is 338 g/mol. The summed E-state index contributed by atoms with van der Waals surface area (Å²) < 4.78 is 10.4. The molecule has 8 nitrogen and oxygen atoms in total. The van der Waals surface area contributed by atoms with Crippen LogP contribution in [0.5, 0.6) is 5.75 Å². The molecule has 26 heavy (non-hydrogen) atoms. The smallest absolute Gasteiger partial charge is 0.343 e. The van der Waals surface area contributed by atoms with Crippen LogP contribution in [0.3, 0.4) is 0 Å². The van der Waals surface area contributed by atoms with Gasteiger partial charge in [-0.2, -0.15) is 0 Å². The lowest BCUT2D eigenvalue weighted by molar-refractivity contribution is -0.127. The number of hydrogen-bond donors (Lipinski definition) is 2. The number of methoxy groups -OCH3 is 1. The SMILES string of the molecule is COc1ccc(-c2onc(NCCCN3CCCC3=O)c2C(=O)O)cc1. The molecule has 0 aliphatic carbocycles. The van der Waals surface area contributed by atoms with Crippen LogP contribution in [0.1, 0.15) is 29.6 Å². The predicted molar refractivity (Wildman–Crippen MR) is 94.4 cm³/mol. The topological polar surface area (TPSA) is 105 Å². The summed E-state index contributed by atoms with van der Waals surface area (Å²) in [6, 6.07) is 6.89. The summed E-state index contributed by atoms with van der Waals surface area (Å²) in [7, 11) is 1.56. The number of rotatable bonds is 8. The van der Waals surface area contributed by atoms with Crippen molar-refractivity contribution in [3.8, 4) is 17.1 Å². The normalized spacial score (nSPS) is 13.9. The molecule has 1 aliphatic rings. The maximum atomic E-state index is 11.7. The molecule has 0 bridgehead atoms. The highest BCUT2D eigenvalue weighted by atomic mass is 16.5. The van der Waals surface area contributed by atoms with Crippen LogP contribution in [0.2, 0.25) is 0 Å². The van der Waals surface area contributed by atoms with Crippen LogP contribution < -0.4 is 10.1 Å². The first-order valence-electron chi connectivity index (χ1n) is 8.49. The summed E-state index contributed by atoms with van der Waals surface area (Å²) in [4.78, 5) is 25.1.